The first kappa shape index (κ1) is 17.2. The first-order valence-electron chi connectivity index (χ1n) is 7.57. The standard InChI is InChI=1S/C16H23N3O4/c1-21-14-4-3-13(15(11-14)22-2)12-17-18-16(20)5-6-19-7-9-23-10-8-19/h3-4,11-12H,5-10H2,1-2H3,(H,18,20). The van der Waals surface area contributed by atoms with E-state index in [4.69, 9.17) is 14.2 Å². The van der Waals surface area contributed by atoms with Gasteiger partial charge in [-0.25, -0.2) is 5.43 Å². The summed E-state index contributed by atoms with van der Waals surface area (Å²) in [7, 11) is 3.17. The third-order valence-corrected chi connectivity index (χ3v) is 3.59. The average molecular weight is 321 g/mol. The number of morpholine rings is 1. The van der Waals surface area contributed by atoms with Gasteiger partial charge in [0.25, 0.3) is 0 Å². The minimum absolute atomic E-state index is 0.111. The van der Waals surface area contributed by atoms with Crippen LogP contribution in [0, 0.1) is 0 Å². The second-order valence-electron chi connectivity index (χ2n) is 5.11. The minimum atomic E-state index is -0.111. The number of nitrogens with zero attached hydrogens (tertiary/aromatic N) is 2. The summed E-state index contributed by atoms with van der Waals surface area (Å²) in [6.45, 7) is 3.93. The lowest BCUT2D eigenvalue weighted by molar-refractivity contribution is -0.121. The van der Waals surface area contributed by atoms with Crippen LogP contribution in [-0.4, -0.2) is 64.1 Å². The van der Waals surface area contributed by atoms with E-state index in [2.05, 4.69) is 15.4 Å². The number of nitrogens with one attached hydrogen (secondary N) is 1. The molecule has 0 radical (unpaired) electrons. The highest BCUT2D eigenvalue weighted by atomic mass is 16.5. The zero-order valence-electron chi connectivity index (χ0n) is 13.6. The molecule has 2 rings (SSSR count). The Bertz CT molecular complexity index is 542. The van der Waals surface area contributed by atoms with Crippen molar-refractivity contribution in [2.45, 2.75) is 6.42 Å². The molecule has 1 amide bonds. The second kappa shape index (κ2) is 9.12. The normalized spacial score (nSPS) is 15.6. The summed E-state index contributed by atoms with van der Waals surface area (Å²) in [4.78, 5) is 14.0. The molecule has 1 saturated heterocycles. The molecular formula is C16H23N3O4. The zero-order chi connectivity index (χ0) is 16.5. The largest absolute Gasteiger partial charge is 0.497 e. The predicted octanol–water partition coefficient (Wildman–Crippen LogP) is 0.876. The maximum absolute atomic E-state index is 11.8. The summed E-state index contributed by atoms with van der Waals surface area (Å²) in [6, 6.07) is 5.40. The first-order chi connectivity index (χ1) is 11.2. The lowest BCUT2D eigenvalue weighted by Gasteiger charge is -2.25. The van der Waals surface area contributed by atoms with Crippen LogP contribution in [-0.2, 0) is 9.53 Å². The number of hydrazone groups is 1. The number of carbonyl (C=O) groups is 1. The summed E-state index contributed by atoms with van der Waals surface area (Å²) in [5.74, 6) is 1.23. The van der Waals surface area contributed by atoms with E-state index in [-0.39, 0.29) is 5.91 Å². The molecule has 1 N–H and O–H groups in total. The molecule has 0 aromatic heterocycles. The molecular weight excluding hydrogens is 298 g/mol. The maximum atomic E-state index is 11.8. The van der Waals surface area contributed by atoms with Crippen molar-refractivity contribution in [2.75, 3.05) is 47.1 Å². The van der Waals surface area contributed by atoms with Crippen LogP contribution in [0.3, 0.4) is 0 Å². The van der Waals surface area contributed by atoms with Gasteiger partial charge >= 0.3 is 0 Å². The number of hydrogen-bond donors (Lipinski definition) is 1. The van der Waals surface area contributed by atoms with Crippen molar-refractivity contribution in [3.63, 3.8) is 0 Å². The van der Waals surface area contributed by atoms with E-state index in [1.165, 1.54) is 0 Å². The molecule has 0 spiro atoms. The molecule has 0 unspecified atom stereocenters. The van der Waals surface area contributed by atoms with Crippen LogP contribution in [0.15, 0.2) is 23.3 Å². The summed E-state index contributed by atoms with van der Waals surface area (Å²) >= 11 is 0. The fourth-order valence-corrected chi connectivity index (χ4v) is 2.24. The molecule has 23 heavy (non-hydrogen) atoms. The van der Waals surface area contributed by atoms with Gasteiger partial charge < -0.3 is 14.2 Å². The van der Waals surface area contributed by atoms with Crippen LogP contribution in [0.2, 0.25) is 0 Å². The Morgan fingerprint density at radius 1 is 1.35 bits per heavy atom. The minimum Gasteiger partial charge on any atom is -0.497 e. The number of methoxy groups -OCH3 is 2. The molecule has 1 aromatic rings. The molecule has 0 bridgehead atoms. The molecule has 1 aliphatic rings. The van der Waals surface area contributed by atoms with Crippen LogP contribution in [0.1, 0.15) is 12.0 Å². The first-order valence-corrected chi connectivity index (χ1v) is 7.57. The van der Waals surface area contributed by atoms with E-state index < -0.39 is 0 Å². The lowest BCUT2D eigenvalue weighted by Crippen LogP contribution is -2.38. The maximum Gasteiger partial charge on any atom is 0.241 e. The molecule has 1 aliphatic heterocycles. The van der Waals surface area contributed by atoms with Crippen molar-refractivity contribution in [1.82, 2.24) is 10.3 Å². The number of carbonyl (C=O) groups excluding carboxylic acids is 1. The van der Waals surface area contributed by atoms with Gasteiger partial charge in [0, 0.05) is 37.7 Å². The van der Waals surface area contributed by atoms with E-state index in [1.807, 2.05) is 12.1 Å². The lowest BCUT2D eigenvalue weighted by atomic mass is 10.2. The number of rotatable bonds is 7. The molecule has 1 fully saturated rings. The summed E-state index contributed by atoms with van der Waals surface area (Å²) in [6.07, 6.45) is 1.97. The molecule has 1 aromatic carbocycles. The van der Waals surface area contributed by atoms with E-state index in [9.17, 15) is 4.79 Å². The number of hydrogen-bond acceptors (Lipinski definition) is 6. The molecule has 1 heterocycles. The third-order valence-electron chi connectivity index (χ3n) is 3.59. The Kier molecular flexibility index (Phi) is 6.83. The third kappa shape index (κ3) is 5.54. The van der Waals surface area contributed by atoms with Crippen LogP contribution < -0.4 is 14.9 Å². The molecule has 0 atom stereocenters. The number of ether oxygens (including phenoxy) is 3. The van der Waals surface area contributed by atoms with Crippen molar-refractivity contribution < 1.29 is 19.0 Å². The summed E-state index contributed by atoms with van der Waals surface area (Å²) < 4.78 is 15.7. The van der Waals surface area contributed by atoms with Gasteiger partial charge in [0.1, 0.15) is 11.5 Å². The van der Waals surface area contributed by atoms with E-state index in [0.29, 0.717) is 17.9 Å². The predicted molar refractivity (Wildman–Crippen MR) is 87.2 cm³/mol. The summed E-state index contributed by atoms with van der Waals surface area (Å²) in [5.41, 5.74) is 3.30. The van der Waals surface area contributed by atoms with Crippen LogP contribution in [0.25, 0.3) is 0 Å². The fraction of sp³-hybridized carbons (Fsp3) is 0.500. The highest BCUT2D eigenvalue weighted by Crippen LogP contribution is 2.22. The van der Waals surface area contributed by atoms with Crippen molar-refractivity contribution in [3.05, 3.63) is 23.8 Å². The Hall–Kier alpha value is -2.12. The van der Waals surface area contributed by atoms with Crippen molar-refractivity contribution in [2.24, 2.45) is 5.10 Å². The molecule has 0 saturated carbocycles. The topological polar surface area (TPSA) is 72.4 Å². The van der Waals surface area contributed by atoms with Gasteiger partial charge in [-0.3, -0.25) is 9.69 Å². The summed E-state index contributed by atoms with van der Waals surface area (Å²) in [5, 5.41) is 3.98. The van der Waals surface area contributed by atoms with Crippen molar-refractivity contribution in [3.8, 4) is 11.5 Å². The van der Waals surface area contributed by atoms with Crippen molar-refractivity contribution in [1.29, 1.82) is 0 Å². The molecule has 7 heteroatoms. The van der Waals surface area contributed by atoms with Crippen molar-refractivity contribution >= 4 is 12.1 Å². The number of amides is 1. The van der Waals surface area contributed by atoms with Gasteiger partial charge in [0.2, 0.25) is 5.91 Å². The Balaban J connectivity index is 1.80. The van der Waals surface area contributed by atoms with E-state index in [1.54, 1.807) is 26.5 Å². The highest BCUT2D eigenvalue weighted by molar-refractivity contribution is 5.85. The van der Waals surface area contributed by atoms with Gasteiger partial charge in [-0.2, -0.15) is 5.10 Å². The van der Waals surface area contributed by atoms with E-state index in [0.717, 1.165) is 38.4 Å². The van der Waals surface area contributed by atoms with Crippen LogP contribution in [0.4, 0.5) is 0 Å². The van der Waals surface area contributed by atoms with Crippen LogP contribution in [0.5, 0.6) is 11.5 Å². The number of benzene rings is 1. The van der Waals surface area contributed by atoms with E-state index >= 15 is 0 Å². The monoisotopic (exact) mass is 321 g/mol. The van der Waals surface area contributed by atoms with Gasteiger partial charge in [0.05, 0.1) is 33.6 Å². The molecule has 126 valence electrons. The Morgan fingerprint density at radius 2 is 2.13 bits per heavy atom. The molecule has 7 nitrogen and oxygen atoms in total. The van der Waals surface area contributed by atoms with Gasteiger partial charge in [0.15, 0.2) is 0 Å². The Labute approximate surface area is 136 Å². The average Bonchev–Trinajstić information content (AvgIpc) is 2.61. The van der Waals surface area contributed by atoms with Crippen LogP contribution >= 0.6 is 0 Å². The Morgan fingerprint density at radius 3 is 2.83 bits per heavy atom. The van der Waals surface area contributed by atoms with Gasteiger partial charge in [-0.15, -0.1) is 0 Å². The quantitative estimate of drug-likeness (QED) is 0.596. The van der Waals surface area contributed by atoms with Gasteiger partial charge in [-0.1, -0.05) is 0 Å². The smallest absolute Gasteiger partial charge is 0.241 e. The second-order valence-corrected chi connectivity index (χ2v) is 5.11. The highest BCUT2D eigenvalue weighted by Gasteiger charge is 2.11. The SMILES string of the molecule is COc1ccc(C=NNC(=O)CCN2CCOCC2)c(OC)c1. The molecule has 0 aliphatic carbocycles. The fourth-order valence-electron chi connectivity index (χ4n) is 2.24. The zero-order valence-corrected chi connectivity index (χ0v) is 13.6. The van der Waals surface area contributed by atoms with Gasteiger partial charge in [-0.05, 0) is 12.1 Å².